The second-order valence-corrected chi connectivity index (χ2v) is 3.92. The summed E-state index contributed by atoms with van der Waals surface area (Å²) in [6.45, 7) is 0.0191. The van der Waals surface area contributed by atoms with Crippen LogP contribution in [0, 0.1) is 0 Å². The molecule has 1 heterocycles. The number of hydrogen-bond acceptors (Lipinski definition) is 4. The van der Waals surface area contributed by atoms with E-state index in [1.165, 1.54) is 11.3 Å². The Bertz CT molecular complexity index is 375. The van der Waals surface area contributed by atoms with Crippen LogP contribution in [0.4, 0.5) is 5.69 Å². The van der Waals surface area contributed by atoms with Gasteiger partial charge in [0.1, 0.15) is 0 Å². The monoisotopic (exact) mass is 243 g/mol. The fourth-order valence-electron chi connectivity index (χ4n) is 0.771. The summed E-state index contributed by atoms with van der Waals surface area (Å²) in [5.74, 6) is -1.49. The summed E-state index contributed by atoms with van der Waals surface area (Å²) in [6.07, 6.45) is 0. The van der Waals surface area contributed by atoms with Gasteiger partial charge in [0.05, 0.1) is 17.2 Å². The average molecular weight is 243 g/mol. The molecule has 1 aromatic heterocycles. The third kappa shape index (κ3) is 4.05. The Morgan fingerprint density at radius 3 is 2.73 bits per heavy atom. The van der Waals surface area contributed by atoms with Crippen LogP contribution >= 0.6 is 23.6 Å². The summed E-state index contributed by atoms with van der Waals surface area (Å²) in [5.41, 5.74) is 5.76. The molecule has 0 saturated heterocycles. The molecule has 7 heteroatoms. The highest BCUT2D eigenvalue weighted by Crippen LogP contribution is 2.11. The van der Waals surface area contributed by atoms with Crippen LogP contribution in [-0.4, -0.2) is 23.3 Å². The van der Waals surface area contributed by atoms with E-state index in [1.807, 2.05) is 0 Å². The van der Waals surface area contributed by atoms with Gasteiger partial charge in [0, 0.05) is 5.38 Å². The third-order valence-electron chi connectivity index (χ3n) is 1.41. The first-order chi connectivity index (χ1) is 7.09. The smallest absolute Gasteiger partial charge is 0.313 e. The number of nitrogens with one attached hydrogen (secondary N) is 2. The molecule has 0 radical (unpaired) electrons. The second kappa shape index (κ2) is 5.42. The van der Waals surface area contributed by atoms with Crippen molar-refractivity contribution in [2.24, 2.45) is 5.73 Å². The molecule has 1 aromatic rings. The molecule has 0 aliphatic heterocycles. The van der Waals surface area contributed by atoms with Crippen molar-refractivity contribution in [3.8, 4) is 0 Å². The summed E-state index contributed by atoms with van der Waals surface area (Å²) in [7, 11) is 0. The molecule has 4 N–H and O–H groups in total. The zero-order chi connectivity index (χ0) is 11.3. The van der Waals surface area contributed by atoms with Gasteiger partial charge in [-0.25, -0.2) is 0 Å². The molecule has 2 amide bonds. The lowest BCUT2D eigenvalue weighted by atomic mass is 10.4. The van der Waals surface area contributed by atoms with Crippen molar-refractivity contribution >= 4 is 46.0 Å². The van der Waals surface area contributed by atoms with E-state index in [2.05, 4.69) is 22.9 Å². The number of thiophene rings is 1. The third-order valence-corrected chi connectivity index (χ3v) is 2.24. The Morgan fingerprint density at radius 1 is 1.47 bits per heavy atom. The molecule has 0 spiro atoms. The van der Waals surface area contributed by atoms with Gasteiger partial charge < -0.3 is 16.4 Å². The van der Waals surface area contributed by atoms with Gasteiger partial charge in [0.25, 0.3) is 0 Å². The van der Waals surface area contributed by atoms with Crippen LogP contribution in [0.2, 0.25) is 0 Å². The number of amides is 2. The fraction of sp³-hybridized carbons (Fsp3) is 0.125. The van der Waals surface area contributed by atoms with Gasteiger partial charge >= 0.3 is 11.8 Å². The van der Waals surface area contributed by atoms with Crippen molar-refractivity contribution in [1.29, 1.82) is 0 Å². The van der Waals surface area contributed by atoms with Gasteiger partial charge in [0.2, 0.25) is 0 Å². The predicted octanol–water partition coefficient (Wildman–Crippen LogP) is 0.0889. The number of carbonyl (C=O) groups is 2. The zero-order valence-corrected chi connectivity index (χ0v) is 9.28. The maximum atomic E-state index is 11.2. The van der Waals surface area contributed by atoms with E-state index >= 15 is 0 Å². The molecule has 1 rings (SSSR count). The molecule has 5 nitrogen and oxygen atoms in total. The van der Waals surface area contributed by atoms with Crippen LogP contribution in [0.1, 0.15) is 0 Å². The molecule has 0 fully saturated rings. The van der Waals surface area contributed by atoms with Crippen LogP contribution in [0.5, 0.6) is 0 Å². The lowest BCUT2D eigenvalue weighted by Crippen LogP contribution is -2.39. The van der Waals surface area contributed by atoms with Crippen molar-refractivity contribution < 1.29 is 9.59 Å². The Balaban J connectivity index is 2.40. The molecule has 0 aliphatic rings. The quantitative estimate of drug-likeness (QED) is 0.519. The van der Waals surface area contributed by atoms with E-state index in [0.29, 0.717) is 5.69 Å². The summed E-state index contributed by atoms with van der Waals surface area (Å²) in [4.78, 5) is 22.5. The highest BCUT2D eigenvalue weighted by Gasteiger charge is 2.13. The summed E-state index contributed by atoms with van der Waals surface area (Å²) >= 11 is 5.97. The number of carbonyl (C=O) groups excluding carboxylic acids is 2. The number of nitrogens with two attached hydrogens (primary N) is 1. The molecule has 0 saturated carbocycles. The fourth-order valence-corrected chi connectivity index (χ4v) is 1.43. The molecule has 0 aliphatic carbocycles. The summed E-state index contributed by atoms with van der Waals surface area (Å²) in [6, 6.07) is 1.70. The zero-order valence-electron chi connectivity index (χ0n) is 7.65. The van der Waals surface area contributed by atoms with E-state index in [9.17, 15) is 9.59 Å². The van der Waals surface area contributed by atoms with E-state index < -0.39 is 11.8 Å². The first kappa shape index (κ1) is 11.6. The van der Waals surface area contributed by atoms with Crippen molar-refractivity contribution in [3.05, 3.63) is 16.8 Å². The highest BCUT2D eigenvalue weighted by atomic mass is 32.1. The van der Waals surface area contributed by atoms with Crippen molar-refractivity contribution in [1.82, 2.24) is 5.32 Å². The van der Waals surface area contributed by atoms with Crippen molar-refractivity contribution in [2.45, 2.75) is 0 Å². The van der Waals surface area contributed by atoms with E-state index in [1.54, 1.807) is 16.8 Å². The first-order valence-electron chi connectivity index (χ1n) is 3.99. The number of anilines is 1. The molecule has 0 atom stereocenters. The molecule has 0 unspecified atom stereocenters. The molecule has 15 heavy (non-hydrogen) atoms. The van der Waals surface area contributed by atoms with Crippen LogP contribution in [0.25, 0.3) is 0 Å². The number of hydrogen-bond donors (Lipinski definition) is 3. The minimum absolute atomic E-state index is 0.0191. The highest BCUT2D eigenvalue weighted by molar-refractivity contribution is 7.80. The van der Waals surface area contributed by atoms with Gasteiger partial charge in [-0.1, -0.05) is 12.2 Å². The summed E-state index contributed by atoms with van der Waals surface area (Å²) in [5, 5.41) is 8.22. The van der Waals surface area contributed by atoms with Crippen molar-refractivity contribution in [2.75, 3.05) is 11.9 Å². The lowest BCUT2D eigenvalue weighted by Gasteiger charge is -2.03. The topological polar surface area (TPSA) is 84.2 Å². The predicted molar refractivity (Wildman–Crippen MR) is 62.7 cm³/mol. The van der Waals surface area contributed by atoms with Gasteiger partial charge in [-0.05, 0) is 11.4 Å². The number of rotatable bonds is 3. The normalized spacial score (nSPS) is 9.33. The van der Waals surface area contributed by atoms with Gasteiger partial charge in [0.15, 0.2) is 0 Å². The lowest BCUT2D eigenvalue weighted by molar-refractivity contribution is -0.135. The maximum Gasteiger partial charge on any atom is 0.313 e. The van der Waals surface area contributed by atoms with Gasteiger partial charge in [-0.15, -0.1) is 0 Å². The molecule has 0 aromatic carbocycles. The van der Waals surface area contributed by atoms with Crippen LogP contribution < -0.4 is 16.4 Å². The SMILES string of the molecule is NC(=S)CNC(=O)C(=O)Nc1ccsc1. The Morgan fingerprint density at radius 2 is 2.20 bits per heavy atom. The van der Waals surface area contributed by atoms with Crippen LogP contribution in [0.3, 0.4) is 0 Å². The second-order valence-electron chi connectivity index (χ2n) is 2.62. The minimum Gasteiger partial charge on any atom is -0.392 e. The van der Waals surface area contributed by atoms with E-state index in [0.717, 1.165) is 0 Å². The van der Waals surface area contributed by atoms with Gasteiger partial charge in [-0.2, -0.15) is 11.3 Å². The van der Waals surface area contributed by atoms with Crippen LogP contribution in [-0.2, 0) is 9.59 Å². The number of thiocarbonyl (C=S) groups is 1. The molecular formula is C8H9N3O2S2. The molecule has 80 valence electrons. The standard InChI is InChI=1S/C8H9N3O2S2/c9-6(14)3-10-7(12)8(13)11-5-1-2-15-4-5/h1-2,4H,3H2,(H2,9,14)(H,10,12)(H,11,13). The largest absolute Gasteiger partial charge is 0.392 e. The van der Waals surface area contributed by atoms with Crippen molar-refractivity contribution in [3.63, 3.8) is 0 Å². The Labute approximate surface area is 95.7 Å². The first-order valence-corrected chi connectivity index (χ1v) is 5.34. The van der Waals surface area contributed by atoms with E-state index in [-0.39, 0.29) is 11.5 Å². The van der Waals surface area contributed by atoms with E-state index in [4.69, 9.17) is 5.73 Å². The summed E-state index contributed by atoms with van der Waals surface area (Å²) < 4.78 is 0. The Hall–Kier alpha value is -1.47. The maximum absolute atomic E-state index is 11.2. The van der Waals surface area contributed by atoms with Crippen LogP contribution in [0.15, 0.2) is 16.8 Å². The molecule has 0 bridgehead atoms. The van der Waals surface area contributed by atoms with Gasteiger partial charge in [-0.3, -0.25) is 9.59 Å². The minimum atomic E-state index is -0.756. The molecular weight excluding hydrogens is 234 g/mol. The Kier molecular flexibility index (Phi) is 4.19. The average Bonchev–Trinajstić information content (AvgIpc) is 2.66.